The Balaban J connectivity index is 1.78. The molecule has 0 fully saturated rings. The largest absolute Gasteiger partial charge is 0.341 e. The van der Waals surface area contributed by atoms with Gasteiger partial charge in [-0.3, -0.25) is 9.59 Å². The normalized spacial score (nSPS) is 13.1. The highest BCUT2D eigenvalue weighted by molar-refractivity contribution is 7.09. The Hall–Kier alpha value is -2.68. The third-order valence-corrected chi connectivity index (χ3v) is 6.67. The molecule has 2 aromatic heterocycles. The van der Waals surface area contributed by atoms with Crippen LogP contribution < -0.4 is 5.56 Å². The number of aromatic amines is 1. The first kappa shape index (κ1) is 22.0. The van der Waals surface area contributed by atoms with Gasteiger partial charge in [-0.15, -0.1) is 11.3 Å². The molecule has 30 heavy (non-hydrogen) atoms. The molecule has 2 aromatic rings. The summed E-state index contributed by atoms with van der Waals surface area (Å²) >= 11 is 1.58. The summed E-state index contributed by atoms with van der Waals surface area (Å²) in [7, 11) is 1.72. The lowest BCUT2D eigenvalue weighted by molar-refractivity contribution is 0.0793. The number of amides is 3. The number of hydrogen-bond donors (Lipinski definition) is 1. The predicted molar refractivity (Wildman–Crippen MR) is 117 cm³/mol. The Labute approximate surface area is 180 Å². The van der Waals surface area contributed by atoms with Crippen LogP contribution in [0, 0.1) is 6.92 Å². The summed E-state index contributed by atoms with van der Waals surface area (Å²) in [4.78, 5) is 51.6. The highest BCUT2D eigenvalue weighted by Gasteiger charge is 2.29. The van der Waals surface area contributed by atoms with E-state index in [1.807, 2.05) is 20.8 Å². The van der Waals surface area contributed by atoms with Crippen molar-refractivity contribution in [2.75, 3.05) is 33.2 Å². The molecule has 1 aliphatic rings. The molecule has 3 rings (SSSR count). The number of thiazole rings is 1. The van der Waals surface area contributed by atoms with E-state index in [-0.39, 0.29) is 23.1 Å². The number of nitrogens with one attached hydrogen (secondary N) is 1. The van der Waals surface area contributed by atoms with Gasteiger partial charge in [0.2, 0.25) is 0 Å². The zero-order valence-electron chi connectivity index (χ0n) is 18.0. The van der Waals surface area contributed by atoms with Crippen molar-refractivity contribution in [3.8, 4) is 0 Å². The van der Waals surface area contributed by atoms with E-state index in [0.717, 1.165) is 21.7 Å². The van der Waals surface area contributed by atoms with E-state index in [1.165, 1.54) is 0 Å². The molecule has 162 valence electrons. The van der Waals surface area contributed by atoms with Crippen LogP contribution in [-0.2, 0) is 19.4 Å². The second-order valence-corrected chi connectivity index (χ2v) is 8.40. The molecule has 0 radical (unpaired) electrons. The lowest BCUT2D eigenvalue weighted by Crippen LogP contribution is -2.46. The van der Waals surface area contributed by atoms with Crippen molar-refractivity contribution in [2.45, 2.75) is 40.2 Å². The van der Waals surface area contributed by atoms with Crippen molar-refractivity contribution >= 4 is 23.3 Å². The molecule has 3 amide bonds. The number of hydrogen-bond acceptors (Lipinski definition) is 5. The molecule has 0 spiro atoms. The fourth-order valence-corrected chi connectivity index (χ4v) is 4.55. The highest BCUT2D eigenvalue weighted by atomic mass is 32.1. The topological polar surface area (TPSA) is 89.6 Å². The number of aromatic nitrogens is 2. The van der Waals surface area contributed by atoms with E-state index in [9.17, 15) is 14.4 Å². The maximum atomic E-state index is 13.1. The molecule has 0 saturated carbocycles. The van der Waals surface area contributed by atoms with E-state index < -0.39 is 0 Å². The van der Waals surface area contributed by atoms with Crippen molar-refractivity contribution < 1.29 is 9.59 Å². The molecular formula is C21H29N5O3S. The van der Waals surface area contributed by atoms with Gasteiger partial charge in [-0.05, 0) is 38.3 Å². The minimum atomic E-state index is -0.372. The van der Waals surface area contributed by atoms with Crippen LogP contribution in [0.1, 0.15) is 45.9 Å². The number of likely N-dealkylation sites (N-methyl/N-ethyl adjacent to an activating group) is 1. The summed E-state index contributed by atoms with van der Waals surface area (Å²) in [6, 6.07) is -0.0122. The molecule has 1 N–H and O–H groups in total. The van der Waals surface area contributed by atoms with Gasteiger partial charge in [-0.1, -0.05) is 0 Å². The standard InChI is InChI=1S/C21H29N5O3S/c1-5-25(6-2)21(29)26-10-7-16-15(12-26)11-22-19(27)18(16)20(28)24(4)9-8-17-14(3)23-13-30-17/h11,13H,5-10,12H2,1-4H3,(H,22,27). The lowest BCUT2D eigenvalue weighted by Gasteiger charge is -2.33. The SMILES string of the molecule is CCN(CC)C(=O)N1CCc2c(c[nH]c(=O)c2C(=O)N(C)CCc2scnc2C)C1. The second-order valence-electron chi connectivity index (χ2n) is 7.46. The number of aryl methyl sites for hydroxylation is 1. The van der Waals surface area contributed by atoms with Crippen LogP contribution in [0.25, 0.3) is 0 Å². The van der Waals surface area contributed by atoms with Crippen LogP contribution in [-0.4, -0.2) is 69.8 Å². The van der Waals surface area contributed by atoms with E-state index in [2.05, 4.69) is 9.97 Å². The van der Waals surface area contributed by atoms with Gasteiger partial charge < -0.3 is 19.7 Å². The van der Waals surface area contributed by atoms with Gasteiger partial charge in [-0.2, -0.15) is 0 Å². The lowest BCUT2D eigenvalue weighted by atomic mass is 9.96. The van der Waals surface area contributed by atoms with E-state index in [0.29, 0.717) is 45.6 Å². The smallest absolute Gasteiger partial charge is 0.320 e. The second kappa shape index (κ2) is 9.42. The fourth-order valence-electron chi connectivity index (χ4n) is 3.78. The third-order valence-electron chi connectivity index (χ3n) is 5.67. The summed E-state index contributed by atoms with van der Waals surface area (Å²) in [6.45, 7) is 8.57. The monoisotopic (exact) mass is 431 g/mol. The maximum Gasteiger partial charge on any atom is 0.320 e. The molecule has 0 bridgehead atoms. The molecule has 0 unspecified atom stereocenters. The molecule has 0 aromatic carbocycles. The van der Waals surface area contributed by atoms with Crippen LogP contribution in [0.4, 0.5) is 4.79 Å². The van der Waals surface area contributed by atoms with Crippen LogP contribution in [0.5, 0.6) is 0 Å². The number of carbonyl (C=O) groups is 2. The number of nitrogens with zero attached hydrogens (tertiary/aromatic N) is 4. The van der Waals surface area contributed by atoms with Crippen molar-refractivity contribution in [1.82, 2.24) is 24.7 Å². The van der Waals surface area contributed by atoms with Crippen LogP contribution in [0.15, 0.2) is 16.5 Å². The molecule has 1 aliphatic heterocycles. The van der Waals surface area contributed by atoms with Gasteiger partial charge in [0.15, 0.2) is 0 Å². The number of pyridine rings is 1. The fraction of sp³-hybridized carbons (Fsp3) is 0.524. The van der Waals surface area contributed by atoms with Crippen molar-refractivity contribution in [1.29, 1.82) is 0 Å². The number of fused-ring (bicyclic) bond motifs is 1. The molecule has 8 nitrogen and oxygen atoms in total. The molecule has 9 heteroatoms. The molecule has 0 atom stereocenters. The number of rotatable bonds is 6. The average Bonchev–Trinajstić information content (AvgIpc) is 3.16. The Morgan fingerprint density at radius 3 is 2.67 bits per heavy atom. The Bertz CT molecular complexity index is 979. The van der Waals surface area contributed by atoms with E-state index in [4.69, 9.17) is 0 Å². The number of H-pyrrole nitrogens is 1. The Morgan fingerprint density at radius 2 is 2.03 bits per heavy atom. The molecular weight excluding hydrogens is 402 g/mol. The highest BCUT2D eigenvalue weighted by Crippen LogP contribution is 2.22. The summed E-state index contributed by atoms with van der Waals surface area (Å²) < 4.78 is 0. The molecule has 0 aliphatic carbocycles. The van der Waals surface area contributed by atoms with Crippen molar-refractivity contribution in [3.63, 3.8) is 0 Å². The molecule has 3 heterocycles. The maximum absolute atomic E-state index is 13.1. The van der Waals surface area contributed by atoms with E-state index in [1.54, 1.807) is 44.8 Å². The van der Waals surface area contributed by atoms with Crippen LogP contribution in [0.2, 0.25) is 0 Å². The first-order valence-corrected chi connectivity index (χ1v) is 11.2. The summed E-state index contributed by atoms with van der Waals surface area (Å²) in [5.74, 6) is -0.279. The first-order chi connectivity index (χ1) is 14.4. The van der Waals surface area contributed by atoms with Gasteiger partial charge in [0, 0.05) is 57.3 Å². The first-order valence-electron chi connectivity index (χ1n) is 10.3. The molecule has 0 saturated heterocycles. The van der Waals surface area contributed by atoms with E-state index >= 15 is 0 Å². The van der Waals surface area contributed by atoms with Crippen molar-refractivity contribution in [3.05, 3.63) is 49.3 Å². The Morgan fingerprint density at radius 1 is 1.30 bits per heavy atom. The average molecular weight is 432 g/mol. The van der Waals surface area contributed by atoms with Gasteiger partial charge in [0.1, 0.15) is 5.56 Å². The van der Waals surface area contributed by atoms with Gasteiger partial charge in [-0.25, -0.2) is 9.78 Å². The zero-order valence-corrected chi connectivity index (χ0v) is 18.8. The summed E-state index contributed by atoms with van der Waals surface area (Å²) in [6.07, 6.45) is 2.84. The Kier molecular flexibility index (Phi) is 6.91. The van der Waals surface area contributed by atoms with Crippen molar-refractivity contribution in [2.24, 2.45) is 0 Å². The third kappa shape index (κ3) is 4.40. The summed E-state index contributed by atoms with van der Waals surface area (Å²) in [5.41, 5.74) is 4.20. The minimum absolute atomic E-state index is 0.0122. The van der Waals surface area contributed by atoms with Crippen LogP contribution in [0.3, 0.4) is 0 Å². The predicted octanol–water partition coefficient (Wildman–Crippen LogP) is 2.27. The van der Waals surface area contributed by atoms with Gasteiger partial charge in [0.05, 0.1) is 11.2 Å². The summed E-state index contributed by atoms with van der Waals surface area (Å²) in [5, 5.41) is 0. The van der Waals surface area contributed by atoms with Gasteiger partial charge >= 0.3 is 6.03 Å². The van der Waals surface area contributed by atoms with Gasteiger partial charge in [0.25, 0.3) is 11.5 Å². The minimum Gasteiger partial charge on any atom is -0.341 e. The number of urea groups is 1. The number of carbonyl (C=O) groups excluding carboxylic acids is 2. The zero-order chi connectivity index (χ0) is 21.8. The van der Waals surface area contributed by atoms with Crippen LogP contribution >= 0.6 is 11.3 Å². The quantitative estimate of drug-likeness (QED) is 0.760.